The summed E-state index contributed by atoms with van der Waals surface area (Å²) in [6, 6.07) is 8.02. The van der Waals surface area contributed by atoms with Gasteiger partial charge in [0.2, 0.25) is 5.91 Å². The molecule has 0 aliphatic carbocycles. The van der Waals surface area contributed by atoms with Gasteiger partial charge in [-0.05, 0) is 24.0 Å². The number of amides is 1. The Balaban J connectivity index is 0.00000169. The van der Waals surface area contributed by atoms with Gasteiger partial charge in [0.15, 0.2) is 0 Å². The van der Waals surface area contributed by atoms with Crippen molar-refractivity contribution in [2.75, 3.05) is 19.7 Å². The van der Waals surface area contributed by atoms with Crippen LogP contribution in [0.5, 0.6) is 0 Å². The minimum absolute atomic E-state index is 0. The van der Waals surface area contributed by atoms with Crippen molar-refractivity contribution < 1.29 is 9.53 Å². The number of carbonyl (C=O) groups excluding carboxylic acids is 1. The molecule has 1 aromatic heterocycles. The third-order valence-electron chi connectivity index (χ3n) is 4.07. The Morgan fingerprint density at radius 1 is 1.27 bits per heavy atom. The number of nitrogens with zero attached hydrogens (tertiary/aromatic N) is 3. The normalized spacial score (nSPS) is 15.8. The number of rotatable bonds is 8. The smallest absolute Gasteiger partial charge is 0.234 e. The zero-order valence-electron chi connectivity index (χ0n) is 14.5. The molecule has 3 rings (SSSR count). The first-order valence-electron chi connectivity index (χ1n) is 8.29. The number of hydrogen-bond acceptors (Lipinski definition) is 5. The highest BCUT2D eigenvalue weighted by Crippen LogP contribution is 2.11. The third-order valence-corrected chi connectivity index (χ3v) is 4.07. The molecule has 1 saturated heterocycles. The van der Waals surface area contributed by atoms with Crippen molar-refractivity contribution in [1.29, 1.82) is 0 Å². The summed E-state index contributed by atoms with van der Waals surface area (Å²) in [6.07, 6.45) is 5.64. The Kier molecular flexibility index (Phi) is 10.2. The van der Waals surface area contributed by atoms with Gasteiger partial charge >= 0.3 is 0 Å². The van der Waals surface area contributed by atoms with Crippen LogP contribution in [-0.4, -0.2) is 46.5 Å². The van der Waals surface area contributed by atoms with Gasteiger partial charge < -0.3 is 15.4 Å². The van der Waals surface area contributed by atoms with Crippen LogP contribution < -0.4 is 10.6 Å². The largest absolute Gasteiger partial charge is 0.377 e. The van der Waals surface area contributed by atoms with E-state index in [1.54, 1.807) is 11.0 Å². The monoisotopic (exact) mass is 401 g/mol. The van der Waals surface area contributed by atoms with Gasteiger partial charge in [0.25, 0.3) is 0 Å². The highest BCUT2D eigenvalue weighted by Gasteiger charge is 2.15. The molecule has 9 heteroatoms. The zero-order valence-corrected chi connectivity index (χ0v) is 16.1. The second-order valence-corrected chi connectivity index (χ2v) is 5.90. The Morgan fingerprint density at radius 2 is 2.08 bits per heavy atom. The van der Waals surface area contributed by atoms with Crippen LogP contribution >= 0.6 is 24.8 Å². The minimum Gasteiger partial charge on any atom is -0.377 e. The summed E-state index contributed by atoms with van der Waals surface area (Å²) < 4.78 is 7.29. The van der Waals surface area contributed by atoms with Crippen molar-refractivity contribution in [3.63, 3.8) is 0 Å². The van der Waals surface area contributed by atoms with E-state index in [1.165, 1.54) is 6.33 Å². The summed E-state index contributed by atoms with van der Waals surface area (Å²) in [5, 5.41) is 10.2. The first-order chi connectivity index (χ1) is 11.8. The van der Waals surface area contributed by atoms with E-state index in [0.29, 0.717) is 19.6 Å². The summed E-state index contributed by atoms with van der Waals surface area (Å²) in [7, 11) is 0. The van der Waals surface area contributed by atoms with Gasteiger partial charge in [-0.3, -0.25) is 4.79 Å². The van der Waals surface area contributed by atoms with Crippen LogP contribution in [0.2, 0.25) is 0 Å². The van der Waals surface area contributed by atoms with Crippen molar-refractivity contribution >= 4 is 30.7 Å². The highest BCUT2D eigenvalue weighted by molar-refractivity contribution is 5.85. The molecule has 144 valence electrons. The van der Waals surface area contributed by atoms with E-state index in [-0.39, 0.29) is 36.8 Å². The van der Waals surface area contributed by atoms with Gasteiger partial charge in [0.05, 0.1) is 19.2 Å². The molecule has 0 radical (unpaired) electrons. The number of ether oxygens (including phenoxy) is 1. The fraction of sp³-hybridized carbons (Fsp3) is 0.471. The third kappa shape index (κ3) is 6.92. The van der Waals surface area contributed by atoms with E-state index >= 15 is 0 Å². The number of nitrogens with one attached hydrogen (secondary N) is 2. The molecule has 1 unspecified atom stereocenters. The molecule has 2 N–H and O–H groups in total. The van der Waals surface area contributed by atoms with Gasteiger partial charge in [0, 0.05) is 19.7 Å². The fourth-order valence-electron chi connectivity index (χ4n) is 2.78. The van der Waals surface area contributed by atoms with Gasteiger partial charge in [-0.1, -0.05) is 24.3 Å². The van der Waals surface area contributed by atoms with Crippen LogP contribution in [0.15, 0.2) is 36.9 Å². The molecule has 2 heterocycles. The number of aromatic nitrogens is 3. The lowest BCUT2D eigenvalue weighted by molar-refractivity contribution is -0.120. The second kappa shape index (κ2) is 11.9. The Hall–Kier alpha value is -1.67. The van der Waals surface area contributed by atoms with Crippen molar-refractivity contribution in [1.82, 2.24) is 25.4 Å². The van der Waals surface area contributed by atoms with Crippen LogP contribution in [-0.2, 0) is 22.6 Å². The quantitative estimate of drug-likeness (QED) is 0.701. The number of benzene rings is 1. The lowest BCUT2D eigenvalue weighted by atomic mass is 10.1. The molecule has 0 spiro atoms. The lowest BCUT2D eigenvalue weighted by Gasteiger charge is -2.12. The predicted octanol–water partition coefficient (Wildman–Crippen LogP) is 1.55. The van der Waals surface area contributed by atoms with Gasteiger partial charge in [-0.25, -0.2) is 9.67 Å². The molecule has 0 bridgehead atoms. The molecule has 7 nitrogen and oxygen atoms in total. The molecule has 1 aliphatic heterocycles. The van der Waals surface area contributed by atoms with Crippen LogP contribution in [0.3, 0.4) is 0 Å². The van der Waals surface area contributed by atoms with E-state index < -0.39 is 0 Å². The van der Waals surface area contributed by atoms with Gasteiger partial charge in [-0.2, -0.15) is 5.10 Å². The Labute approximate surface area is 165 Å². The SMILES string of the molecule is Cl.Cl.O=C(CNCC1CCCO1)NCc1ccccc1Cn1cncn1. The standard InChI is InChI=1S/C17H23N5O2.2ClH/c23-17(10-18-9-16-6-3-7-24-16)20-8-14-4-1-2-5-15(14)11-22-13-19-12-21-22;;/h1-2,4-5,12-13,16,18H,3,6-11H2,(H,20,23);2*1H. The highest BCUT2D eigenvalue weighted by atomic mass is 35.5. The fourth-order valence-corrected chi connectivity index (χ4v) is 2.78. The van der Waals surface area contributed by atoms with Crippen molar-refractivity contribution in [2.24, 2.45) is 0 Å². The van der Waals surface area contributed by atoms with E-state index in [0.717, 1.165) is 37.1 Å². The average molecular weight is 402 g/mol. The average Bonchev–Trinajstić information content (AvgIpc) is 3.28. The number of halogens is 2. The summed E-state index contributed by atoms with van der Waals surface area (Å²) >= 11 is 0. The summed E-state index contributed by atoms with van der Waals surface area (Å²) in [5.74, 6) is -0.0106. The topological polar surface area (TPSA) is 81.1 Å². The molecular formula is C17H25Cl2N5O2. The molecule has 1 aliphatic rings. The molecule has 1 fully saturated rings. The van der Waals surface area contributed by atoms with E-state index in [1.807, 2.05) is 24.3 Å². The van der Waals surface area contributed by atoms with E-state index in [4.69, 9.17) is 4.74 Å². The molecule has 0 saturated carbocycles. The zero-order chi connectivity index (χ0) is 16.6. The number of carbonyl (C=O) groups is 1. The minimum atomic E-state index is -0.0106. The van der Waals surface area contributed by atoms with Crippen molar-refractivity contribution in [3.8, 4) is 0 Å². The summed E-state index contributed by atoms with van der Waals surface area (Å²) in [6.45, 7) is 3.02. The molecule has 1 amide bonds. The summed E-state index contributed by atoms with van der Waals surface area (Å²) in [5.41, 5.74) is 2.20. The second-order valence-electron chi connectivity index (χ2n) is 5.90. The Morgan fingerprint density at radius 3 is 2.77 bits per heavy atom. The first kappa shape index (κ1) is 22.4. The van der Waals surface area contributed by atoms with E-state index in [9.17, 15) is 4.79 Å². The molecule has 1 aromatic carbocycles. The van der Waals surface area contributed by atoms with Crippen LogP contribution in [0.25, 0.3) is 0 Å². The van der Waals surface area contributed by atoms with Crippen molar-refractivity contribution in [3.05, 3.63) is 48.0 Å². The van der Waals surface area contributed by atoms with Gasteiger partial charge in [0.1, 0.15) is 12.7 Å². The molecular weight excluding hydrogens is 377 g/mol. The van der Waals surface area contributed by atoms with E-state index in [2.05, 4.69) is 20.7 Å². The van der Waals surface area contributed by atoms with Crippen LogP contribution in [0.4, 0.5) is 0 Å². The van der Waals surface area contributed by atoms with Crippen molar-refractivity contribution in [2.45, 2.75) is 32.0 Å². The maximum absolute atomic E-state index is 12.0. The van der Waals surface area contributed by atoms with Crippen LogP contribution in [0, 0.1) is 0 Å². The molecule has 1 atom stereocenters. The molecule has 2 aromatic rings. The maximum Gasteiger partial charge on any atom is 0.234 e. The predicted molar refractivity (Wildman–Crippen MR) is 104 cm³/mol. The van der Waals surface area contributed by atoms with Gasteiger partial charge in [-0.15, -0.1) is 24.8 Å². The lowest BCUT2D eigenvalue weighted by Crippen LogP contribution is -2.37. The molecule has 26 heavy (non-hydrogen) atoms. The summed E-state index contributed by atoms with van der Waals surface area (Å²) in [4.78, 5) is 15.9. The van der Waals surface area contributed by atoms with Crippen LogP contribution in [0.1, 0.15) is 24.0 Å². The maximum atomic E-state index is 12.0. The first-order valence-corrected chi connectivity index (χ1v) is 8.29. The number of hydrogen-bond donors (Lipinski definition) is 2. The Bertz CT molecular complexity index is 648.